The smallest absolute Gasteiger partial charge is 0.410 e. The lowest BCUT2D eigenvalue weighted by Crippen LogP contribution is -2.35. The molecule has 176 valence electrons. The summed E-state index contributed by atoms with van der Waals surface area (Å²) in [5, 5.41) is 0. The summed E-state index contributed by atoms with van der Waals surface area (Å²) in [6.07, 6.45) is 1.69. The van der Waals surface area contributed by atoms with Crippen LogP contribution >= 0.6 is 7.60 Å². The number of benzene rings is 1. The summed E-state index contributed by atoms with van der Waals surface area (Å²) in [4.78, 5) is 25.8. The Morgan fingerprint density at radius 3 is 2.26 bits per heavy atom. The largest absolute Gasteiger partial charge is 0.469 e. The van der Waals surface area contributed by atoms with Crippen LogP contribution in [0.4, 0.5) is 4.79 Å². The van der Waals surface area contributed by atoms with E-state index in [0.717, 1.165) is 12.0 Å². The lowest BCUT2D eigenvalue weighted by molar-refractivity contribution is -0.145. The van der Waals surface area contributed by atoms with Crippen LogP contribution in [0.3, 0.4) is 0 Å². The maximum absolute atomic E-state index is 12.8. The van der Waals surface area contributed by atoms with Crippen molar-refractivity contribution in [2.24, 2.45) is 5.92 Å². The summed E-state index contributed by atoms with van der Waals surface area (Å²) in [7, 11) is -1.90. The van der Waals surface area contributed by atoms with Crippen molar-refractivity contribution in [3.63, 3.8) is 0 Å². The highest BCUT2D eigenvalue weighted by Crippen LogP contribution is 2.47. The Morgan fingerprint density at radius 1 is 1.03 bits per heavy atom. The van der Waals surface area contributed by atoms with Gasteiger partial charge in [0.25, 0.3) is 0 Å². The van der Waals surface area contributed by atoms with Gasteiger partial charge in [-0.3, -0.25) is 9.36 Å². The molecule has 0 N–H and O–H groups in total. The van der Waals surface area contributed by atoms with Crippen molar-refractivity contribution in [1.29, 1.82) is 0 Å². The van der Waals surface area contributed by atoms with Gasteiger partial charge in [0.2, 0.25) is 0 Å². The number of hydrogen-bond donors (Lipinski definition) is 0. The standard InChI is InChI=1S/C22H36NO7P/c1-5-29-31(26,30-6-2)17-16-23(15-11-10-12-19(3)21(24)27-4)22(25)28-18-20-13-8-7-9-14-20/h7-9,13-14,19H,5-6,10-12,15-18H2,1-4H3/t19-/m1/s1. The summed E-state index contributed by atoms with van der Waals surface area (Å²) in [6.45, 7) is 6.61. The fraction of sp³-hybridized carbons (Fsp3) is 0.636. The fourth-order valence-electron chi connectivity index (χ4n) is 2.98. The Bertz CT molecular complexity index is 688. The quantitative estimate of drug-likeness (QED) is 0.211. The summed E-state index contributed by atoms with van der Waals surface area (Å²) in [5.41, 5.74) is 0.886. The molecule has 0 spiro atoms. The molecule has 0 fully saturated rings. The maximum Gasteiger partial charge on any atom is 0.410 e. The number of nitrogens with zero attached hydrogens (tertiary/aromatic N) is 1. The Morgan fingerprint density at radius 2 is 1.68 bits per heavy atom. The molecule has 0 aromatic heterocycles. The number of carbonyl (C=O) groups excluding carboxylic acids is 2. The lowest BCUT2D eigenvalue weighted by Gasteiger charge is -2.25. The average Bonchev–Trinajstić information content (AvgIpc) is 2.77. The van der Waals surface area contributed by atoms with Gasteiger partial charge < -0.3 is 23.4 Å². The molecule has 1 aromatic rings. The molecule has 0 radical (unpaired) electrons. The molecule has 0 aliphatic carbocycles. The van der Waals surface area contributed by atoms with E-state index in [1.807, 2.05) is 37.3 Å². The van der Waals surface area contributed by atoms with Crippen LogP contribution in [0.5, 0.6) is 0 Å². The molecule has 0 saturated heterocycles. The first kappa shape index (κ1) is 27.1. The van der Waals surface area contributed by atoms with Crippen LogP contribution in [0, 0.1) is 5.92 Å². The van der Waals surface area contributed by atoms with Gasteiger partial charge in [0.05, 0.1) is 32.4 Å². The highest BCUT2D eigenvalue weighted by Gasteiger charge is 2.26. The molecule has 0 bridgehead atoms. The van der Waals surface area contributed by atoms with E-state index in [0.29, 0.717) is 19.4 Å². The Kier molecular flexibility index (Phi) is 13.1. The monoisotopic (exact) mass is 457 g/mol. The molecule has 0 aliphatic heterocycles. The van der Waals surface area contributed by atoms with Gasteiger partial charge in [-0.2, -0.15) is 0 Å². The second kappa shape index (κ2) is 15.0. The third-order valence-corrected chi connectivity index (χ3v) is 6.73. The van der Waals surface area contributed by atoms with E-state index in [1.54, 1.807) is 13.8 Å². The molecule has 0 unspecified atom stereocenters. The predicted molar refractivity (Wildman–Crippen MR) is 119 cm³/mol. The highest BCUT2D eigenvalue weighted by atomic mass is 31.2. The first-order valence-electron chi connectivity index (χ1n) is 10.8. The van der Waals surface area contributed by atoms with Gasteiger partial charge >= 0.3 is 19.7 Å². The van der Waals surface area contributed by atoms with Crippen molar-refractivity contribution in [3.8, 4) is 0 Å². The Labute approximate surface area is 185 Å². The van der Waals surface area contributed by atoms with E-state index in [-0.39, 0.29) is 44.4 Å². The van der Waals surface area contributed by atoms with E-state index < -0.39 is 13.7 Å². The number of amides is 1. The number of ether oxygens (including phenoxy) is 2. The second-order valence-corrected chi connectivity index (χ2v) is 9.30. The van der Waals surface area contributed by atoms with Crippen molar-refractivity contribution in [2.45, 2.75) is 46.6 Å². The fourth-order valence-corrected chi connectivity index (χ4v) is 4.59. The van der Waals surface area contributed by atoms with Crippen molar-refractivity contribution in [2.75, 3.05) is 39.6 Å². The zero-order valence-corrected chi connectivity index (χ0v) is 20.0. The molecule has 1 amide bonds. The SMILES string of the molecule is CCOP(=O)(CCN(CCCC[C@@H](C)C(=O)OC)C(=O)OCc1ccccc1)OCC. The zero-order valence-electron chi connectivity index (χ0n) is 19.1. The molecule has 31 heavy (non-hydrogen) atoms. The summed E-state index contributed by atoms with van der Waals surface area (Å²) < 4.78 is 33.6. The average molecular weight is 458 g/mol. The molecule has 8 nitrogen and oxygen atoms in total. The van der Waals surface area contributed by atoms with E-state index in [1.165, 1.54) is 12.0 Å². The van der Waals surface area contributed by atoms with Gasteiger partial charge in [-0.1, -0.05) is 43.7 Å². The number of esters is 1. The van der Waals surface area contributed by atoms with Crippen LogP contribution in [-0.2, 0) is 34.5 Å². The minimum atomic E-state index is -3.27. The van der Waals surface area contributed by atoms with Crippen molar-refractivity contribution in [1.82, 2.24) is 4.90 Å². The van der Waals surface area contributed by atoms with Crippen molar-refractivity contribution < 1.29 is 32.7 Å². The summed E-state index contributed by atoms with van der Waals surface area (Å²) in [6, 6.07) is 9.41. The predicted octanol–water partition coefficient (Wildman–Crippen LogP) is 4.87. The molecular weight excluding hydrogens is 421 g/mol. The van der Waals surface area contributed by atoms with E-state index in [9.17, 15) is 14.2 Å². The van der Waals surface area contributed by atoms with Crippen LogP contribution in [0.2, 0.25) is 0 Å². The van der Waals surface area contributed by atoms with Crippen LogP contribution < -0.4 is 0 Å². The molecule has 1 rings (SSSR count). The minimum absolute atomic E-state index is 0.0910. The van der Waals surface area contributed by atoms with Gasteiger partial charge in [-0.25, -0.2) is 4.79 Å². The zero-order chi connectivity index (χ0) is 23.1. The van der Waals surface area contributed by atoms with E-state index in [4.69, 9.17) is 18.5 Å². The molecule has 0 saturated carbocycles. The molecule has 1 aromatic carbocycles. The third-order valence-electron chi connectivity index (χ3n) is 4.68. The van der Waals surface area contributed by atoms with E-state index >= 15 is 0 Å². The molecule has 0 heterocycles. The van der Waals surface area contributed by atoms with E-state index in [2.05, 4.69) is 0 Å². The van der Waals surface area contributed by atoms with Gasteiger partial charge in [0.1, 0.15) is 6.61 Å². The summed E-state index contributed by atoms with van der Waals surface area (Å²) >= 11 is 0. The minimum Gasteiger partial charge on any atom is -0.469 e. The van der Waals surface area contributed by atoms with Crippen molar-refractivity contribution in [3.05, 3.63) is 35.9 Å². The Hall–Kier alpha value is -1.89. The number of unbranched alkanes of at least 4 members (excludes halogenated alkanes) is 1. The maximum atomic E-state index is 12.8. The van der Waals surface area contributed by atoms with Crippen LogP contribution in [-0.4, -0.2) is 56.5 Å². The second-order valence-electron chi connectivity index (χ2n) is 7.12. The number of carbonyl (C=O) groups is 2. The molecule has 9 heteroatoms. The van der Waals surface area contributed by atoms with Crippen LogP contribution in [0.1, 0.15) is 45.6 Å². The Balaban J connectivity index is 2.67. The normalized spacial score (nSPS) is 12.3. The van der Waals surface area contributed by atoms with Gasteiger partial charge in [0, 0.05) is 13.1 Å². The lowest BCUT2D eigenvalue weighted by atomic mass is 10.0. The third kappa shape index (κ3) is 10.8. The van der Waals surface area contributed by atoms with Gasteiger partial charge in [-0.05, 0) is 32.3 Å². The number of rotatable bonds is 15. The van der Waals surface area contributed by atoms with Gasteiger partial charge in [-0.15, -0.1) is 0 Å². The number of hydrogen-bond acceptors (Lipinski definition) is 7. The first-order chi connectivity index (χ1) is 14.8. The topological polar surface area (TPSA) is 91.4 Å². The molecular formula is C22H36NO7P. The first-order valence-corrected chi connectivity index (χ1v) is 12.5. The van der Waals surface area contributed by atoms with Crippen LogP contribution in [0.15, 0.2) is 30.3 Å². The molecule has 0 aliphatic rings. The van der Waals surface area contributed by atoms with Gasteiger partial charge in [0.15, 0.2) is 0 Å². The summed E-state index contributed by atoms with van der Waals surface area (Å²) in [5.74, 6) is -0.437. The molecule has 1 atom stereocenters. The van der Waals surface area contributed by atoms with Crippen molar-refractivity contribution >= 4 is 19.7 Å². The van der Waals surface area contributed by atoms with Crippen LogP contribution in [0.25, 0.3) is 0 Å². The number of methoxy groups -OCH3 is 1. The highest BCUT2D eigenvalue weighted by molar-refractivity contribution is 7.53.